The minimum Gasteiger partial charge on any atom is -0.337 e. The lowest BCUT2D eigenvalue weighted by atomic mass is 9.94. The van der Waals surface area contributed by atoms with E-state index in [4.69, 9.17) is 11.6 Å². The lowest BCUT2D eigenvalue weighted by molar-refractivity contribution is -0.140. The topological polar surface area (TPSA) is 40.6 Å². The van der Waals surface area contributed by atoms with Crippen LogP contribution in [-0.2, 0) is 9.59 Å². The van der Waals surface area contributed by atoms with Gasteiger partial charge in [-0.25, -0.2) is 0 Å². The highest BCUT2D eigenvalue weighted by Gasteiger charge is 2.44. The van der Waals surface area contributed by atoms with Crippen LogP contribution in [0.3, 0.4) is 0 Å². The first-order valence-corrected chi connectivity index (χ1v) is 10.7. The van der Waals surface area contributed by atoms with Gasteiger partial charge in [0.25, 0.3) is 11.8 Å². The van der Waals surface area contributed by atoms with E-state index in [1.165, 1.54) is 11.3 Å². The van der Waals surface area contributed by atoms with Crippen LogP contribution < -0.4 is 4.90 Å². The number of para-hydroxylation sites is 1. The first-order valence-electron chi connectivity index (χ1n) is 10.3. The summed E-state index contributed by atoms with van der Waals surface area (Å²) in [5.74, 6) is -0.369. The first-order chi connectivity index (χ1) is 14.1. The van der Waals surface area contributed by atoms with E-state index in [9.17, 15) is 9.59 Å². The van der Waals surface area contributed by atoms with Crippen molar-refractivity contribution in [2.75, 3.05) is 11.4 Å². The molecule has 0 radical (unpaired) electrons. The zero-order valence-electron chi connectivity index (χ0n) is 16.6. The van der Waals surface area contributed by atoms with Gasteiger partial charge >= 0.3 is 0 Å². The van der Waals surface area contributed by atoms with Crippen LogP contribution in [0, 0.1) is 0 Å². The molecule has 1 fully saturated rings. The van der Waals surface area contributed by atoms with Crippen LogP contribution in [0.25, 0.3) is 5.57 Å². The smallest absolute Gasteiger partial charge is 0.278 e. The van der Waals surface area contributed by atoms with Crippen molar-refractivity contribution < 1.29 is 9.59 Å². The van der Waals surface area contributed by atoms with Crippen molar-refractivity contribution >= 4 is 34.7 Å². The van der Waals surface area contributed by atoms with Crippen LogP contribution in [0.15, 0.2) is 60.3 Å². The largest absolute Gasteiger partial charge is 0.337 e. The molecule has 2 amide bonds. The van der Waals surface area contributed by atoms with E-state index in [2.05, 4.69) is 0 Å². The number of carbonyl (C=O) groups excluding carboxylic acids is 2. The number of carbonyl (C=O) groups is 2. The quantitative estimate of drug-likeness (QED) is 0.632. The average molecular weight is 409 g/mol. The van der Waals surface area contributed by atoms with Crippen LogP contribution in [0.4, 0.5) is 5.69 Å². The summed E-state index contributed by atoms with van der Waals surface area (Å²) in [6.45, 7) is 2.59. The molecule has 0 saturated heterocycles. The maximum Gasteiger partial charge on any atom is 0.278 e. The predicted molar refractivity (Wildman–Crippen MR) is 117 cm³/mol. The molecular weight excluding hydrogens is 384 g/mol. The van der Waals surface area contributed by atoms with Gasteiger partial charge in [0.1, 0.15) is 5.70 Å². The molecule has 0 N–H and O–H groups in total. The molecule has 29 heavy (non-hydrogen) atoms. The van der Waals surface area contributed by atoms with E-state index in [0.717, 1.165) is 36.9 Å². The molecule has 4 rings (SSSR count). The van der Waals surface area contributed by atoms with Gasteiger partial charge in [0.2, 0.25) is 0 Å². The molecule has 0 atom stereocenters. The summed E-state index contributed by atoms with van der Waals surface area (Å²) in [5, 5.41) is 0.604. The third-order valence-corrected chi connectivity index (χ3v) is 6.07. The monoisotopic (exact) mass is 408 g/mol. The highest BCUT2D eigenvalue weighted by atomic mass is 35.5. The van der Waals surface area contributed by atoms with Gasteiger partial charge in [0, 0.05) is 23.3 Å². The second-order valence-corrected chi connectivity index (χ2v) is 8.02. The highest BCUT2D eigenvalue weighted by molar-refractivity contribution is 6.37. The number of halogens is 1. The van der Waals surface area contributed by atoms with Crippen molar-refractivity contribution in [3.8, 4) is 0 Å². The number of nitrogens with zero attached hydrogens (tertiary/aromatic N) is 2. The zero-order chi connectivity index (χ0) is 20.4. The number of rotatable bonds is 5. The second kappa shape index (κ2) is 8.42. The number of imide groups is 1. The van der Waals surface area contributed by atoms with Gasteiger partial charge in [-0.15, -0.1) is 0 Å². The average Bonchev–Trinajstić information content (AvgIpc) is 3.01. The maximum atomic E-state index is 13.6. The van der Waals surface area contributed by atoms with Crippen LogP contribution in [-0.4, -0.2) is 29.3 Å². The molecule has 4 nitrogen and oxygen atoms in total. The van der Waals surface area contributed by atoms with E-state index in [1.807, 2.05) is 54.3 Å². The number of likely N-dealkylation sites (N-methyl/N-ethyl adjacent to an activating group) is 1. The number of anilines is 1. The van der Waals surface area contributed by atoms with Crippen molar-refractivity contribution in [1.29, 1.82) is 0 Å². The molecule has 1 saturated carbocycles. The Morgan fingerprint density at radius 1 is 0.931 bits per heavy atom. The van der Waals surface area contributed by atoms with E-state index < -0.39 is 0 Å². The Bertz CT molecular complexity index is 931. The Labute approximate surface area is 176 Å². The van der Waals surface area contributed by atoms with Crippen LogP contribution in [0.5, 0.6) is 0 Å². The van der Waals surface area contributed by atoms with E-state index >= 15 is 0 Å². The summed E-state index contributed by atoms with van der Waals surface area (Å²) in [4.78, 5) is 30.6. The Morgan fingerprint density at radius 2 is 1.59 bits per heavy atom. The second-order valence-electron chi connectivity index (χ2n) is 7.58. The molecule has 0 aromatic heterocycles. The van der Waals surface area contributed by atoms with Crippen molar-refractivity contribution in [1.82, 2.24) is 4.90 Å². The third-order valence-electron chi connectivity index (χ3n) is 5.82. The van der Waals surface area contributed by atoms with E-state index in [1.54, 1.807) is 12.1 Å². The number of benzene rings is 2. The molecule has 2 aromatic carbocycles. The van der Waals surface area contributed by atoms with Crippen LogP contribution in [0.1, 0.15) is 44.6 Å². The Hall–Kier alpha value is -2.59. The molecule has 0 unspecified atom stereocenters. The zero-order valence-corrected chi connectivity index (χ0v) is 17.4. The summed E-state index contributed by atoms with van der Waals surface area (Å²) >= 11 is 6.07. The molecule has 0 bridgehead atoms. The Kier molecular flexibility index (Phi) is 5.72. The lowest BCUT2D eigenvalue weighted by Gasteiger charge is -2.31. The Morgan fingerprint density at radius 3 is 2.21 bits per heavy atom. The van der Waals surface area contributed by atoms with Gasteiger partial charge in [-0.3, -0.25) is 14.5 Å². The van der Waals surface area contributed by atoms with Gasteiger partial charge in [-0.1, -0.05) is 61.2 Å². The van der Waals surface area contributed by atoms with Crippen LogP contribution in [0.2, 0.25) is 5.02 Å². The summed E-state index contributed by atoms with van der Waals surface area (Å²) in [6, 6.07) is 16.9. The molecule has 2 aliphatic rings. The van der Waals surface area contributed by atoms with Gasteiger partial charge in [-0.05, 0) is 49.6 Å². The van der Waals surface area contributed by atoms with Gasteiger partial charge < -0.3 is 4.90 Å². The first kappa shape index (κ1) is 19.7. The maximum absolute atomic E-state index is 13.6. The van der Waals surface area contributed by atoms with Crippen LogP contribution >= 0.6 is 11.6 Å². The fourth-order valence-electron chi connectivity index (χ4n) is 4.41. The molecule has 0 spiro atoms. The number of hydrogen-bond acceptors (Lipinski definition) is 3. The SMILES string of the molecule is CCN(C1=C(c2ccc(Cl)cc2)C(=O)N(C2CCCCC2)C1=O)c1ccccc1. The normalized spacial score (nSPS) is 17.9. The predicted octanol–water partition coefficient (Wildman–Crippen LogP) is 5.28. The molecular formula is C24H25ClN2O2. The summed E-state index contributed by atoms with van der Waals surface area (Å²) in [5.41, 5.74) is 2.58. The molecule has 1 aliphatic heterocycles. The van der Waals surface area contributed by atoms with Crippen molar-refractivity contribution in [2.45, 2.75) is 45.1 Å². The Balaban J connectivity index is 1.83. The third kappa shape index (κ3) is 3.69. The molecule has 5 heteroatoms. The standard InChI is InChI=1S/C24H25ClN2O2/c1-2-26(19-9-5-3-6-10-19)22-21(17-13-15-18(25)16-14-17)23(28)27(24(22)29)20-11-7-4-8-12-20/h3,5-6,9-10,13-16,20H,2,4,7-8,11-12H2,1H3. The molecule has 150 valence electrons. The van der Waals surface area contributed by atoms with Crippen molar-refractivity contribution in [2.24, 2.45) is 0 Å². The highest BCUT2D eigenvalue weighted by Crippen LogP contribution is 2.37. The lowest BCUT2D eigenvalue weighted by Crippen LogP contribution is -2.43. The molecule has 1 heterocycles. The minimum atomic E-state index is -0.186. The number of amides is 2. The fourth-order valence-corrected chi connectivity index (χ4v) is 4.54. The van der Waals surface area contributed by atoms with Gasteiger partial charge in [0.05, 0.1) is 5.57 Å². The summed E-state index contributed by atoms with van der Waals surface area (Å²) in [7, 11) is 0. The van der Waals surface area contributed by atoms with Gasteiger partial charge in [-0.2, -0.15) is 0 Å². The number of hydrogen-bond donors (Lipinski definition) is 0. The fraction of sp³-hybridized carbons (Fsp3) is 0.333. The van der Waals surface area contributed by atoms with E-state index in [-0.39, 0.29) is 17.9 Å². The molecule has 2 aromatic rings. The van der Waals surface area contributed by atoms with Gasteiger partial charge in [0.15, 0.2) is 0 Å². The minimum absolute atomic E-state index is 0.0157. The molecule has 1 aliphatic carbocycles. The van der Waals surface area contributed by atoms with Crippen molar-refractivity contribution in [3.05, 3.63) is 70.9 Å². The summed E-state index contributed by atoms with van der Waals surface area (Å²) in [6.07, 6.45) is 5.06. The van der Waals surface area contributed by atoms with E-state index in [0.29, 0.717) is 22.8 Å². The van der Waals surface area contributed by atoms with Crippen molar-refractivity contribution in [3.63, 3.8) is 0 Å². The summed E-state index contributed by atoms with van der Waals surface area (Å²) < 4.78 is 0.